The summed E-state index contributed by atoms with van der Waals surface area (Å²) in [5.74, 6) is 2.83. The van der Waals surface area contributed by atoms with Gasteiger partial charge in [-0.05, 0) is 106 Å². The van der Waals surface area contributed by atoms with Crippen LogP contribution in [0.2, 0.25) is 0 Å². The molecule has 0 N–H and O–H groups in total. The van der Waals surface area contributed by atoms with Gasteiger partial charge in [0.2, 0.25) is 11.8 Å². The molecule has 0 aliphatic heterocycles. The number of benzene rings is 9. The molecule has 0 atom stereocenters. The van der Waals surface area contributed by atoms with Gasteiger partial charge in [0.1, 0.15) is 11.0 Å². The lowest BCUT2D eigenvalue weighted by Crippen LogP contribution is -2.03. The fourth-order valence-corrected chi connectivity index (χ4v) is 8.82. The van der Waals surface area contributed by atoms with Crippen LogP contribution in [0.4, 0.5) is 0 Å². The SMILES string of the molecule is c1ccc(-n2c3ccccc3c3ccccc32)c(-c2nc(-c3ccc4ccc(-c5nc6ccccc6o5)cc4c3)nc(-c3ccc4ccc(-c5nc6ccccc6o5)cc4c3)n2)c1. The van der Waals surface area contributed by atoms with Crippen molar-refractivity contribution in [1.82, 2.24) is 29.5 Å². The number of aromatic nitrogens is 6. The summed E-state index contributed by atoms with van der Waals surface area (Å²) < 4.78 is 14.6. The van der Waals surface area contributed by atoms with Gasteiger partial charge < -0.3 is 13.4 Å². The number of oxazole rings is 2. The summed E-state index contributed by atoms with van der Waals surface area (Å²) in [6.45, 7) is 0. The topological polar surface area (TPSA) is 95.7 Å². The van der Waals surface area contributed by atoms with E-state index in [-0.39, 0.29) is 0 Å². The molecule has 4 heterocycles. The van der Waals surface area contributed by atoms with Gasteiger partial charge in [-0.2, -0.15) is 0 Å². The zero-order chi connectivity index (χ0) is 41.4. The Morgan fingerprint density at radius 3 is 1.30 bits per heavy atom. The highest BCUT2D eigenvalue weighted by molar-refractivity contribution is 6.09. The summed E-state index contributed by atoms with van der Waals surface area (Å²) in [6.07, 6.45) is 0. The van der Waals surface area contributed by atoms with E-state index >= 15 is 0 Å². The van der Waals surface area contributed by atoms with E-state index in [1.165, 1.54) is 10.8 Å². The average Bonchev–Trinajstić information content (AvgIpc) is 4.08. The monoisotopic (exact) mass is 808 g/mol. The first-order valence-electron chi connectivity index (χ1n) is 20.8. The molecule has 63 heavy (non-hydrogen) atoms. The maximum absolute atomic E-state index is 6.16. The number of para-hydroxylation sites is 7. The molecule has 0 unspecified atom stereocenters. The average molecular weight is 809 g/mol. The highest BCUT2D eigenvalue weighted by atomic mass is 16.4. The van der Waals surface area contributed by atoms with Crippen molar-refractivity contribution in [2.24, 2.45) is 0 Å². The second kappa shape index (κ2) is 13.9. The molecule has 0 aliphatic rings. The summed E-state index contributed by atoms with van der Waals surface area (Å²) >= 11 is 0. The van der Waals surface area contributed by atoms with Crippen molar-refractivity contribution >= 4 is 65.6 Å². The maximum atomic E-state index is 6.16. The van der Waals surface area contributed by atoms with Crippen LogP contribution in [0.15, 0.2) is 203 Å². The van der Waals surface area contributed by atoms with Crippen molar-refractivity contribution in [1.29, 1.82) is 0 Å². The van der Waals surface area contributed by atoms with Crippen molar-refractivity contribution in [2.45, 2.75) is 0 Å². The van der Waals surface area contributed by atoms with Crippen molar-refractivity contribution in [2.75, 3.05) is 0 Å². The lowest BCUT2D eigenvalue weighted by molar-refractivity contribution is 0.619. The van der Waals surface area contributed by atoms with Gasteiger partial charge in [-0.1, -0.05) is 109 Å². The molecule has 0 amide bonds. The molecule has 4 aromatic heterocycles. The van der Waals surface area contributed by atoms with Crippen LogP contribution in [0, 0.1) is 0 Å². The Balaban J connectivity index is 0.997. The number of fused-ring (bicyclic) bond motifs is 7. The standard InChI is InChI=1S/C55H32N6O2/c1-6-16-46-41(11-1)42-12-2-7-17-47(42)61(46)48-18-8-3-13-43(48)53-59-51(35-25-21-33-23-27-37(31-39(33)29-35)54-56-44-14-4-9-19-49(44)62-54)58-52(60-53)36-26-22-34-24-28-38(32-40(34)30-36)55-57-45-15-5-10-20-50(45)63-55/h1-32H. The Hall–Kier alpha value is -8.75. The summed E-state index contributed by atoms with van der Waals surface area (Å²) in [5.41, 5.74) is 10.7. The number of rotatable bonds is 6. The summed E-state index contributed by atoms with van der Waals surface area (Å²) in [6, 6.07) is 66.2. The molecule has 13 aromatic rings. The molecular weight excluding hydrogens is 777 g/mol. The molecule has 0 fully saturated rings. The van der Waals surface area contributed by atoms with E-state index in [2.05, 4.69) is 132 Å². The summed E-state index contributed by atoms with van der Waals surface area (Å²) in [4.78, 5) is 25.4. The van der Waals surface area contributed by atoms with Crippen LogP contribution in [-0.2, 0) is 0 Å². The zero-order valence-corrected chi connectivity index (χ0v) is 33.5. The summed E-state index contributed by atoms with van der Waals surface area (Å²) in [5, 5.41) is 6.55. The Bertz CT molecular complexity index is 3660. The molecule has 13 rings (SSSR count). The lowest BCUT2D eigenvalue weighted by Gasteiger charge is -2.15. The maximum Gasteiger partial charge on any atom is 0.227 e. The largest absolute Gasteiger partial charge is 0.436 e. The van der Waals surface area contributed by atoms with E-state index in [1.54, 1.807) is 0 Å². The third kappa shape index (κ3) is 5.88. The van der Waals surface area contributed by atoms with E-state index in [0.717, 1.165) is 88.3 Å². The van der Waals surface area contributed by atoms with Gasteiger partial charge >= 0.3 is 0 Å². The van der Waals surface area contributed by atoms with Crippen molar-refractivity contribution in [3.8, 4) is 62.8 Å². The van der Waals surface area contributed by atoms with Crippen LogP contribution in [0.5, 0.6) is 0 Å². The normalized spacial score (nSPS) is 11.8. The highest BCUT2D eigenvalue weighted by Gasteiger charge is 2.20. The Kier molecular flexibility index (Phi) is 7.74. The van der Waals surface area contributed by atoms with Gasteiger partial charge in [-0.15, -0.1) is 0 Å². The quantitative estimate of drug-likeness (QED) is 0.165. The lowest BCUT2D eigenvalue weighted by atomic mass is 10.0. The predicted octanol–water partition coefficient (Wildman–Crippen LogP) is 13.9. The fraction of sp³-hybridized carbons (Fsp3) is 0. The van der Waals surface area contributed by atoms with Gasteiger partial charge in [-0.25, -0.2) is 24.9 Å². The van der Waals surface area contributed by atoms with Crippen molar-refractivity contribution < 1.29 is 8.83 Å². The van der Waals surface area contributed by atoms with E-state index in [4.69, 9.17) is 33.8 Å². The third-order valence-corrected chi connectivity index (χ3v) is 11.9. The number of nitrogens with zero attached hydrogens (tertiary/aromatic N) is 6. The smallest absolute Gasteiger partial charge is 0.227 e. The molecule has 9 aromatic carbocycles. The van der Waals surface area contributed by atoms with Gasteiger partial charge in [0, 0.05) is 38.6 Å². The molecule has 8 heteroatoms. The molecule has 0 radical (unpaired) electrons. The highest BCUT2D eigenvalue weighted by Crippen LogP contribution is 2.37. The Labute approximate surface area is 359 Å². The van der Waals surface area contributed by atoms with Crippen LogP contribution in [0.3, 0.4) is 0 Å². The molecule has 0 spiro atoms. The number of hydrogen-bond donors (Lipinski definition) is 0. The molecule has 0 bridgehead atoms. The van der Waals surface area contributed by atoms with Crippen molar-refractivity contribution in [3.05, 3.63) is 194 Å². The van der Waals surface area contributed by atoms with Crippen LogP contribution in [-0.4, -0.2) is 29.5 Å². The van der Waals surface area contributed by atoms with Gasteiger partial charge in [0.05, 0.1) is 16.7 Å². The molecule has 0 saturated heterocycles. The van der Waals surface area contributed by atoms with E-state index < -0.39 is 0 Å². The minimum absolute atomic E-state index is 0.557. The molecule has 0 aliphatic carbocycles. The van der Waals surface area contributed by atoms with Crippen molar-refractivity contribution in [3.63, 3.8) is 0 Å². The zero-order valence-electron chi connectivity index (χ0n) is 33.5. The van der Waals surface area contributed by atoms with Crippen LogP contribution >= 0.6 is 0 Å². The fourth-order valence-electron chi connectivity index (χ4n) is 8.82. The van der Waals surface area contributed by atoms with E-state index in [9.17, 15) is 0 Å². The first kappa shape index (κ1) is 35.0. The molecule has 294 valence electrons. The first-order chi connectivity index (χ1) is 31.2. The van der Waals surface area contributed by atoms with Gasteiger partial charge in [0.25, 0.3) is 0 Å². The molecule has 8 nitrogen and oxygen atoms in total. The van der Waals surface area contributed by atoms with E-state index in [1.807, 2.05) is 66.7 Å². The Morgan fingerprint density at radius 1 is 0.333 bits per heavy atom. The Morgan fingerprint density at radius 2 is 0.762 bits per heavy atom. The number of hydrogen-bond acceptors (Lipinski definition) is 7. The second-order valence-corrected chi connectivity index (χ2v) is 15.7. The molecule has 0 saturated carbocycles. The van der Waals surface area contributed by atoms with Crippen LogP contribution in [0.25, 0.3) is 128 Å². The minimum atomic E-state index is 0.557. The molecular formula is C55H32N6O2. The third-order valence-electron chi connectivity index (χ3n) is 11.9. The predicted molar refractivity (Wildman–Crippen MR) is 251 cm³/mol. The van der Waals surface area contributed by atoms with Crippen LogP contribution in [0.1, 0.15) is 0 Å². The van der Waals surface area contributed by atoms with Gasteiger partial charge in [0.15, 0.2) is 28.6 Å². The van der Waals surface area contributed by atoms with Gasteiger partial charge in [-0.3, -0.25) is 0 Å². The van der Waals surface area contributed by atoms with Crippen LogP contribution < -0.4 is 0 Å². The minimum Gasteiger partial charge on any atom is -0.436 e. The summed E-state index contributed by atoms with van der Waals surface area (Å²) in [7, 11) is 0. The van der Waals surface area contributed by atoms with E-state index in [0.29, 0.717) is 29.3 Å². The second-order valence-electron chi connectivity index (χ2n) is 15.7. The first-order valence-corrected chi connectivity index (χ1v) is 20.8.